The predicted octanol–water partition coefficient (Wildman–Crippen LogP) is 2.91. The van der Waals surface area contributed by atoms with E-state index in [0.29, 0.717) is 16.3 Å². The average molecular weight is 274 g/mol. The predicted molar refractivity (Wildman–Crippen MR) is 75.3 cm³/mol. The number of hydrogen-bond donors (Lipinski definition) is 1. The third kappa shape index (κ3) is 3.06. The molecule has 0 unspecified atom stereocenters. The molecule has 2 aromatic rings. The van der Waals surface area contributed by atoms with Crippen LogP contribution in [-0.2, 0) is 4.74 Å². The lowest BCUT2D eigenvalue weighted by Gasteiger charge is -2.07. The van der Waals surface area contributed by atoms with E-state index >= 15 is 0 Å². The number of anilines is 1. The minimum absolute atomic E-state index is 0.320. The van der Waals surface area contributed by atoms with Crippen molar-refractivity contribution >= 4 is 23.4 Å². The molecule has 0 aliphatic heterocycles. The molecule has 0 fully saturated rings. The summed E-state index contributed by atoms with van der Waals surface area (Å²) in [5.74, 6) is -0.452. The summed E-state index contributed by atoms with van der Waals surface area (Å²) in [4.78, 5) is 16.9. The fraction of sp³-hybridized carbons (Fsp3) is 0.143. The minimum Gasteiger partial charge on any atom is -0.465 e. The van der Waals surface area contributed by atoms with Gasteiger partial charge in [0.1, 0.15) is 5.03 Å². The third-order valence-electron chi connectivity index (χ3n) is 2.62. The van der Waals surface area contributed by atoms with Gasteiger partial charge in [-0.1, -0.05) is 30.0 Å². The van der Waals surface area contributed by atoms with Crippen LogP contribution in [0.1, 0.15) is 15.9 Å². The van der Waals surface area contributed by atoms with Gasteiger partial charge in [0.25, 0.3) is 0 Å². The van der Waals surface area contributed by atoms with Crippen LogP contribution < -0.4 is 5.73 Å². The molecule has 0 spiro atoms. The molecule has 2 N–H and O–H groups in total. The summed E-state index contributed by atoms with van der Waals surface area (Å²) < 4.78 is 4.69. The Bertz CT molecular complexity index is 614. The zero-order valence-electron chi connectivity index (χ0n) is 10.7. The fourth-order valence-electron chi connectivity index (χ4n) is 1.57. The lowest BCUT2D eigenvalue weighted by atomic mass is 10.2. The quantitative estimate of drug-likeness (QED) is 0.872. The highest BCUT2D eigenvalue weighted by Gasteiger charge is 2.12. The van der Waals surface area contributed by atoms with Gasteiger partial charge in [0.2, 0.25) is 0 Å². The van der Waals surface area contributed by atoms with Crippen LogP contribution in [0.25, 0.3) is 0 Å². The average Bonchev–Trinajstić information content (AvgIpc) is 2.42. The van der Waals surface area contributed by atoms with Crippen LogP contribution in [-0.4, -0.2) is 18.1 Å². The highest BCUT2D eigenvalue weighted by molar-refractivity contribution is 7.99. The van der Waals surface area contributed by atoms with Crippen molar-refractivity contribution in [3.05, 3.63) is 47.7 Å². The summed E-state index contributed by atoms with van der Waals surface area (Å²) in [6, 6.07) is 9.64. The van der Waals surface area contributed by atoms with E-state index in [1.807, 2.05) is 31.2 Å². The molecule has 0 amide bonds. The molecule has 98 valence electrons. The topological polar surface area (TPSA) is 65.2 Å². The molecule has 1 heterocycles. The maximum absolute atomic E-state index is 11.6. The number of hydrogen-bond acceptors (Lipinski definition) is 5. The molecular formula is C14H14N2O2S. The van der Waals surface area contributed by atoms with E-state index in [2.05, 4.69) is 4.98 Å². The van der Waals surface area contributed by atoms with Crippen LogP contribution in [0.3, 0.4) is 0 Å². The normalized spacial score (nSPS) is 10.2. The van der Waals surface area contributed by atoms with Gasteiger partial charge >= 0.3 is 5.97 Å². The minimum atomic E-state index is -0.452. The van der Waals surface area contributed by atoms with Crippen molar-refractivity contribution in [3.63, 3.8) is 0 Å². The number of esters is 1. The first-order valence-electron chi connectivity index (χ1n) is 5.69. The van der Waals surface area contributed by atoms with Crippen molar-refractivity contribution in [3.8, 4) is 0 Å². The summed E-state index contributed by atoms with van der Waals surface area (Å²) in [6.45, 7) is 2.03. The van der Waals surface area contributed by atoms with Crippen molar-refractivity contribution in [1.29, 1.82) is 0 Å². The van der Waals surface area contributed by atoms with Gasteiger partial charge < -0.3 is 10.5 Å². The number of aryl methyl sites for hydroxylation is 1. The van der Waals surface area contributed by atoms with Gasteiger partial charge in [0.05, 0.1) is 24.6 Å². The SMILES string of the molecule is COC(=O)c1cc(Sc2ccccc2C)ncc1N. The smallest absolute Gasteiger partial charge is 0.340 e. The van der Waals surface area contributed by atoms with Crippen molar-refractivity contribution in [2.24, 2.45) is 0 Å². The fourth-order valence-corrected chi connectivity index (χ4v) is 2.46. The number of rotatable bonds is 3. The number of nitrogen functional groups attached to an aromatic ring is 1. The number of carbonyl (C=O) groups is 1. The Morgan fingerprint density at radius 1 is 1.37 bits per heavy atom. The Kier molecular flexibility index (Phi) is 4.06. The molecule has 1 aromatic heterocycles. The van der Waals surface area contributed by atoms with E-state index in [-0.39, 0.29) is 0 Å². The first-order chi connectivity index (χ1) is 9.11. The number of carbonyl (C=O) groups excluding carboxylic acids is 1. The van der Waals surface area contributed by atoms with Crippen molar-refractivity contribution in [2.75, 3.05) is 12.8 Å². The molecule has 0 atom stereocenters. The van der Waals surface area contributed by atoms with Gasteiger partial charge in [-0.3, -0.25) is 0 Å². The summed E-state index contributed by atoms with van der Waals surface area (Å²) in [5, 5.41) is 0.712. The first kappa shape index (κ1) is 13.4. The number of methoxy groups -OCH3 is 1. The highest BCUT2D eigenvalue weighted by atomic mass is 32.2. The van der Waals surface area contributed by atoms with Crippen molar-refractivity contribution in [1.82, 2.24) is 4.98 Å². The first-order valence-corrected chi connectivity index (χ1v) is 6.51. The van der Waals surface area contributed by atoms with Crippen molar-refractivity contribution < 1.29 is 9.53 Å². The van der Waals surface area contributed by atoms with Gasteiger partial charge in [0.15, 0.2) is 0 Å². The van der Waals surface area contributed by atoms with Crippen molar-refractivity contribution in [2.45, 2.75) is 16.8 Å². The lowest BCUT2D eigenvalue weighted by Crippen LogP contribution is -2.06. The molecule has 0 bridgehead atoms. The third-order valence-corrected chi connectivity index (χ3v) is 3.73. The standard InChI is InChI=1S/C14H14N2O2S/c1-9-5-3-4-6-12(9)19-13-7-10(14(17)18-2)11(15)8-16-13/h3-8H,15H2,1-2H3. The number of aromatic nitrogens is 1. The van der Waals surface area contributed by atoms with Crippen LogP contribution in [0.2, 0.25) is 0 Å². The number of nitrogens with zero attached hydrogens (tertiary/aromatic N) is 1. The molecule has 0 radical (unpaired) electrons. The summed E-state index contributed by atoms with van der Waals surface area (Å²) in [7, 11) is 1.33. The molecule has 5 heteroatoms. The monoisotopic (exact) mass is 274 g/mol. The van der Waals surface area contributed by atoms with E-state index in [9.17, 15) is 4.79 Å². The van der Waals surface area contributed by atoms with Crippen LogP contribution in [0.15, 0.2) is 46.5 Å². The van der Waals surface area contributed by atoms with Gasteiger partial charge in [-0.25, -0.2) is 9.78 Å². The Balaban J connectivity index is 2.32. The van der Waals surface area contributed by atoms with Gasteiger partial charge in [-0.2, -0.15) is 0 Å². The second-order valence-corrected chi connectivity index (χ2v) is 5.03. The van der Waals surface area contributed by atoms with Gasteiger partial charge in [-0.15, -0.1) is 0 Å². The van der Waals surface area contributed by atoms with E-state index in [1.54, 1.807) is 6.07 Å². The van der Waals surface area contributed by atoms with E-state index in [4.69, 9.17) is 10.5 Å². The van der Waals surface area contributed by atoms with Crippen LogP contribution in [0.5, 0.6) is 0 Å². The highest BCUT2D eigenvalue weighted by Crippen LogP contribution is 2.30. The zero-order chi connectivity index (χ0) is 13.8. The molecule has 19 heavy (non-hydrogen) atoms. The molecular weight excluding hydrogens is 260 g/mol. The maximum atomic E-state index is 11.6. The number of pyridine rings is 1. The number of nitrogens with two attached hydrogens (primary N) is 1. The molecule has 0 saturated carbocycles. The molecule has 4 nitrogen and oxygen atoms in total. The Morgan fingerprint density at radius 2 is 2.11 bits per heavy atom. The Morgan fingerprint density at radius 3 is 2.79 bits per heavy atom. The largest absolute Gasteiger partial charge is 0.465 e. The van der Waals surface area contributed by atoms with E-state index < -0.39 is 5.97 Å². The molecule has 1 aromatic carbocycles. The second kappa shape index (κ2) is 5.75. The van der Waals surface area contributed by atoms with Gasteiger partial charge in [0, 0.05) is 4.90 Å². The number of ether oxygens (including phenoxy) is 1. The summed E-state index contributed by atoms with van der Waals surface area (Å²) in [6.07, 6.45) is 1.48. The summed E-state index contributed by atoms with van der Waals surface area (Å²) in [5.41, 5.74) is 7.54. The molecule has 2 rings (SSSR count). The molecule has 0 aliphatic carbocycles. The number of benzene rings is 1. The van der Waals surface area contributed by atoms with E-state index in [0.717, 1.165) is 10.5 Å². The van der Waals surface area contributed by atoms with Crippen LogP contribution in [0, 0.1) is 6.92 Å². The Hall–Kier alpha value is -2.01. The Labute approximate surface area is 116 Å². The van der Waals surface area contributed by atoms with Crippen LogP contribution in [0.4, 0.5) is 5.69 Å². The van der Waals surface area contributed by atoms with E-state index in [1.165, 1.54) is 25.1 Å². The lowest BCUT2D eigenvalue weighted by molar-refractivity contribution is 0.0601. The maximum Gasteiger partial charge on any atom is 0.340 e. The molecule has 0 aliphatic rings. The zero-order valence-corrected chi connectivity index (χ0v) is 11.5. The van der Waals surface area contributed by atoms with Crippen LogP contribution >= 0.6 is 11.8 Å². The second-order valence-electron chi connectivity index (χ2n) is 3.97. The van der Waals surface area contributed by atoms with Gasteiger partial charge in [-0.05, 0) is 24.6 Å². The summed E-state index contributed by atoms with van der Waals surface area (Å²) >= 11 is 1.49. The molecule has 0 saturated heterocycles.